The second-order valence-corrected chi connectivity index (χ2v) is 25.3. The number of ketones is 1. The van der Waals surface area contributed by atoms with Crippen molar-refractivity contribution < 1.29 is 80.6 Å². The van der Waals surface area contributed by atoms with Gasteiger partial charge >= 0.3 is 11.9 Å². The van der Waals surface area contributed by atoms with E-state index < -0.39 is 135 Å². The van der Waals surface area contributed by atoms with Gasteiger partial charge in [0.25, 0.3) is 10.1 Å². The third-order valence-electron chi connectivity index (χ3n) is 16.3. The van der Waals surface area contributed by atoms with Gasteiger partial charge in [0.15, 0.2) is 18.2 Å². The normalized spacial score (nSPS) is 37.7. The fraction of sp³-hybridized carbons (Fsp3) is 0.788. The molecular formula is C52H83N5O18S2. The van der Waals surface area contributed by atoms with Crippen LogP contribution in [0.3, 0.4) is 0 Å². The zero-order valence-corrected chi connectivity index (χ0v) is 48.5. The van der Waals surface area contributed by atoms with Crippen LogP contribution in [0.2, 0.25) is 0 Å². The van der Waals surface area contributed by atoms with E-state index in [-0.39, 0.29) is 55.5 Å². The van der Waals surface area contributed by atoms with Crippen LogP contribution in [0.15, 0.2) is 28.2 Å². The van der Waals surface area contributed by atoms with Crippen molar-refractivity contribution in [3.05, 3.63) is 34.2 Å². The maximum absolute atomic E-state index is 14.4. The first-order chi connectivity index (χ1) is 35.9. The molecule has 18 atom stereocenters. The first-order valence-electron chi connectivity index (χ1n) is 26.3. The first kappa shape index (κ1) is 62.8. The van der Waals surface area contributed by atoms with Crippen LogP contribution in [0.25, 0.3) is 11.0 Å². The van der Waals surface area contributed by atoms with Crippen molar-refractivity contribution in [1.29, 1.82) is 0 Å². The average Bonchev–Trinajstić information content (AvgIpc) is 3.37. The van der Waals surface area contributed by atoms with Gasteiger partial charge in [-0.05, 0) is 80.5 Å². The topological polar surface area (TPSA) is 294 Å². The number of rotatable bonds is 18. The van der Waals surface area contributed by atoms with E-state index in [1.807, 2.05) is 25.9 Å². The van der Waals surface area contributed by atoms with E-state index in [4.69, 9.17) is 37.3 Å². The Morgan fingerprint density at radius 3 is 2.21 bits per heavy atom. The summed E-state index contributed by atoms with van der Waals surface area (Å²) in [5.41, 5.74) is -5.33. The molecule has 0 amide bonds. The number of nitrogens with zero attached hydrogens (tertiary/aromatic N) is 4. The van der Waals surface area contributed by atoms with Crippen molar-refractivity contribution in [3.63, 3.8) is 0 Å². The summed E-state index contributed by atoms with van der Waals surface area (Å²) in [5.74, 6) is -6.19. The molecule has 5 N–H and O–H groups in total. The number of aliphatic hydroxyl groups is 3. The lowest BCUT2D eigenvalue weighted by molar-refractivity contribution is -0.318. The van der Waals surface area contributed by atoms with E-state index in [9.17, 15) is 48.0 Å². The quantitative estimate of drug-likeness (QED) is 0.0618. The minimum atomic E-state index is -4.22. The summed E-state index contributed by atoms with van der Waals surface area (Å²) in [7, 11) is 5.75. The molecular weight excluding hydrogens is 1050 g/mol. The first-order valence-corrected chi connectivity index (χ1v) is 28.9. The standard InChI is InChI=1S/C52H83N5O18S2/c1-27-23-50(7,68-13)44(74-49-41(60)36(55(9)10)21-28(2)70-49)30(4)42(31(5)48(64)72-37-15-16-52(37,65)43(61)29(3)39(27)58)73-38-24-51(8,69-14)45(32(6)71-38)75-77(66,67)20-18-53-17-19-76-33-22-34-40(59)35(47(62)63)26-57(56(11)12)46(34)54-25-33/h22,25-32,36-38,41-45,49,53,60-61,65H,15-21,23-24H2,1-14H3,(H,62,63)/t27-,28-,29-,30+,31-,32+,36+,37-,38+,41-,42+,43-,44-,45+,49+,50-,51-,52-/m1/s1. The molecule has 0 bridgehead atoms. The highest BCUT2D eigenvalue weighted by Crippen LogP contribution is 2.45. The predicted molar refractivity (Wildman–Crippen MR) is 284 cm³/mol. The zero-order chi connectivity index (χ0) is 57.3. The molecule has 2 aromatic heterocycles. The number of thioether (sulfide) groups is 1. The van der Waals surface area contributed by atoms with Crippen LogP contribution in [-0.2, 0) is 57.0 Å². The number of Topliss-reactive ketones (excluding diaryl/α,β-unsaturated/α-hetero) is 1. The number of ether oxygens (including phenoxy) is 7. The Balaban J connectivity index is 1.19. The van der Waals surface area contributed by atoms with Crippen LogP contribution in [-0.4, -0.2) is 212 Å². The summed E-state index contributed by atoms with van der Waals surface area (Å²) in [6.07, 6.45) is -7.25. The molecule has 0 radical (unpaired) electrons. The van der Waals surface area contributed by atoms with Crippen molar-refractivity contribution in [2.75, 3.05) is 72.0 Å². The number of pyridine rings is 2. The highest BCUT2D eigenvalue weighted by molar-refractivity contribution is 7.99. The van der Waals surface area contributed by atoms with Crippen LogP contribution in [0.5, 0.6) is 0 Å². The number of carbonyl (C=O) groups is 3. The Morgan fingerprint density at radius 1 is 0.948 bits per heavy atom. The summed E-state index contributed by atoms with van der Waals surface area (Å²) >= 11 is 1.35. The van der Waals surface area contributed by atoms with Gasteiger partial charge in [-0.25, -0.2) is 14.5 Å². The molecule has 25 heteroatoms. The van der Waals surface area contributed by atoms with Crippen molar-refractivity contribution in [2.45, 2.75) is 177 Å². The Hall–Kier alpha value is -3.41. The van der Waals surface area contributed by atoms with Crippen LogP contribution < -0.4 is 15.8 Å². The van der Waals surface area contributed by atoms with Crippen molar-refractivity contribution in [3.8, 4) is 0 Å². The fourth-order valence-corrected chi connectivity index (χ4v) is 13.4. The monoisotopic (exact) mass is 1130 g/mol. The lowest BCUT2D eigenvalue weighted by Crippen LogP contribution is -2.65. The number of aromatic carboxylic acids is 1. The Labute approximate surface area is 456 Å². The van der Waals surface area contributed by atoms with Crippen LogP contribution >= 0.6 is 11.8 Å². The lowest BCUT2D eigenvalue weighted by Gasteiger charge is -2.51. The van der Waals surface area contributed by atoms with Gasteiger partial charge in [0.2, 0.25) is 5.43 Å². The number of nitrogens with one attached hydrogen (secondary N) is 1. The maximum atomic E-state index is 14.4. The highest BCUT2D eigenvalue weighted by atomic mass is 32.2. The third-order valence-corrected chi connectivity index (χ3v) is 18.4. The Morgan fingerprint density at radius 2 is 1.61 bits per heavy atom. The number of aromatic nitrogens is 2. The number of carboxylic acids is 1. The molecule has 5 heterocycles. The van der Waals surface area contributed by atoms with Crippen LogP contribution in [0.4, 0.5) is 0 Å². The van der Waals surface area contributed by atoms with Crippen molar-refractivity contribution in [1.82, 2.24) is 19.9 Å². The summed E-state index contributed by atoms with van der Waals surface area (Å²) in [5, 5.41) is 49.5. The smallest absolute Gasteiger partial charge is 0.341 e. The number of carboxylic acid groups (broad SMARTS) is 1. The number of fused-ring (bicyclic) bond motifs is 2. The minimum Gasteiger partial charge on any atom is -0.477 e. The summed E-state index contributed by atoms with van der Waals surface area (Å²) in [6.45, 7) is 14.0. The van der Waals surface area contributed by atoms with Crippen LogP contribution in [0, 0.1) is 23.7 Å². The SMILES string of the molecule is CO[C@]1(C)C[C@@H](C)C(=O)[C@@H](C)[C@@H](O)[C@@]2(O)CC[C@H]2OC(=O)[C@H](C)[C@@H](O[C@H]2C[C@@](C)(OC)[C@@H](OS(=O)(=O)CCNCCSc3cnc4c(c3)c(=O)c(C(=O)O)cn4N(C)C)[C@H](C)O2)[C@H](C)[C@H]1O[C@@H]1O[C@H](C)C[C@H](N(C)C)[C@H]1O. The van der Waals surface area contributed by atoms with Gasteiger partial charge in [0.1, 0.15) is 35.3 Å². The molecule has 0 aromatic carbocycles. The predicted octanol–water partition coefficient (Wildman–Crippen LogP) is 2.15. The average molecular weight is 1130 g/mol. The number of hydrogen-bond acceptors (Lipinski definition) is 22. The molecule has 6 rings (SSSR count). The number of aliphatic hydroxyl groups excluding tert-OH is 2. The summed E-state index contributed by atoms with van der Waals surface area (Å²) in [6, 6.07) is 1.23. The minimum absolute atomic E-state index is 0.0176. The molecule has 1 saturated carbocycles. The van der Waals surface area contributed by atoms with Gasteiger partial charge in [0, 0.05) is 94.7 Å². The van der Waals surface area contributed by atoms with Crippen molar-refractivity contribution >= 4 is 50.6 Å². The van der Waals surface area contributed by atoms with Gasteiger partial charge in [0.05, 0.1) is 58.8 Å². The third kappa shape index (κ3) is 13.7. The molecule has 3 saturated heterocycles. The summed E-state index contributed by atoms with van der Waals surface area (Å²) < 4.78 is 79.5. The molecule has 1 aliphatic carbocycles. The van der Waals surface area contributed by atoms with Gasteiger partial charge in [-0.2, -0.15) is 8.42 Å². The largest absolute Gasteiger partial charge is 0.477 e. The van der Waals surface area contributed by atoms with E-state index in [1.54, 1.807) is 79.8 Å². The Bertz CT molecular complexity index is 2580. The number of hydrogen-bond donors (Lipinski definition) is 5. The Kier molecular flexibility index (Phi) is 20.5. The maximum Gasteiger partial charge on any atom is 0.341 e. The number of esters is 1. The van der Waals surface area contributed by atoms with Crippen LogP contribution in [0.1, 0.15) is 97.9 Å². The fourth-order valence-electron chi connectivity index (χ4n) is 11.4. The molecule has 23 nitrogen and oxygen atoms in total. The highest BCUT2D eigenvalue weighted by Gasteiger charge is 2.58. The number of methoxy groups -OCH3 is 2. The zero-order valence-electron chi connectivity index (χ0n) is 46.9. The molecule has 0 unspecified atom stereocenters. The molecule has 4 aliphatic rings. The summed E-state index contributed by atoms with van der Waals surface area (Å²) in [4.78, 5) is 60.3. The number of likely N-dealkylation sites (N-methyl/N-ethyl adjacent to an activating group) is 1. The second kappa shape index (κ2) is 25.2. The lowest BCUT2D eigenvalue weighted by atomic mass is 9.67. The molecule has 77 heavy (non-hydrogen) atoms. The molecule has 0 spiro atoms. The van der Waals surface area contributed by atoms with Crippen molar-refractivity contribution in [2.24, 2.45) is 23.7 Å². The molecule has 2 aromatic rings. The van der Waals surface area contributed by atoms with Gasteiger partial charge < -0.3 is 68.8 Å². The van der Waals surface area contributed by atoms with E-state index in [1.165, 1.54) is 36.9 Å². The van der Waals surface area contributed by atoms with E-state index in [2.05, 4.69) is 10.3 Å². The van der Waals surface area contributed by atoms with Gasteiger partial charge in [-0.3, -0.25) is 18.6 Å². The van der Waals surface area contributed by atoms with E-state index >= 15 is 0 Å². The van der Waals surface area contributed by atoms with E-state index in [0.29, 0.717) is 29.3 Å². The van der Waals surface area contributed by atoms with Gasteiger partial charge in [-0.1, -0.05) is 20.8 Å². The van der Waals surface area contributed by atoms with E-state index in [0.717, 1.165) is 0 Å². The second-order valence-electron chi connectivity index (χ2n) is 22.4. The molecule has 436 valence electrons. The molecule has 3 aliphatic heterocycles. The number of carbonyl (C=O) groups excluding carboxylic acids is 2. The molecule has 4 fully saturated rings. The van der Waals surface area contributed by atoms with Gasteiger partial charge in [-0.15, -0.1) is 11.8 Å².